The summed E-state index contributed by atoms with van der Waals surface area (Å²) in [4.78, 5) is 12.5. The number of amides is 1. The molecule has 3 atom stereocenters. The van der Waals surface area contributed by atoms with Crippen LogP contribution >= 0.6 is 0 Å². The van der Waals surface area contributed by atoms with Crippen LogP contribution in [0.1, 0.15) is 38.4 Å². The minimum absolute atomic E-state index is 0.00589. The zero-order valence-electron chi connectivity index (χ0n) is 12.9. The van der Waals surface area contributed by atoms with Crippen LogP contribution < -0.4 is 11.1 Å². The fourth-order valence-electron chi connectivity index (χ4n) is 2.61. The number of nitrogens with one attached hydrogen (secondary N) is 1. The van der Waals surface area contributed by atoms with Crippen molar-refractivity contribution in [1.82, 2.24) is 5.32 Å². The molecule has 4 nitrogen and oxygen atoms in total. The molecule has 1 aromatic rings. The van der Waals surface area contributed by atoms with E-state index < -0.39 is 0 Å². The molecule has 116 valence electrons. The van der Waals surface area contributed by atoms with E-state index in [0.717, 1.165) is 25.0 Å². The number of carbonyl (C=O) groups is 1. The summed E-state index contributed by atoms with van der Waals surface area (Å²) in [5.74, 6) is 0.290. The molecule has 0 bridgehead atoms. The highest BCUT2D eigenvalue weighted by Gasteiger charge is 2.33. The predicted molar refractivity (Wildman–Crippen MR) is 83.7 cm³/mol. The lowest BCUT2D eigenvalue weighted by atomic mass is 9.88. The first-order chi connectivity index (χ1) is 10.1. The van der Waals surface area contributed by atoms with E-state index in [1.807, 2.05) is 30.3 Å². The Morgan fingerprint density at radius 2 is 2.10 bits per heavy atom. The molecule has 3 unspecified atom stereocenters. The fourth-order valence-corrected chi connectivity index (χ4v) is 2.61. The Balaban J connectivity index is 2.00. The molecule has 1 fully saturated rings. The van der Waals surface area contributed by atoms with Gasteiger partial charge in [-0.2, -0.15) is 0 Å². The van der Waals surface area contributed by atoms with Crippen LogP contribution in [0.3, 0.4) is 0 Å². The SMILES string of the molecule is CC(C)C(N)CNC(=O)C1CCCOC1c1ccccc1. The second kappa shape index (κ2) is 7.57. The number of rotatable bonds is 5. The van der Waals surface area contributed by atoms with E-state index in [1.54, 1.807) is 0 Å². The largest absolute Gasteiger partial charge is 0.373 e. The molecule has 0 spiro atoms. The molecule has 1 aliphatic rings. The number of nitrogens with two attached hydrogens (primary N) is 1. The van der Waals surface area contributed by atoms with Gasteiger partial charge in [0, 0.05) is 19.2 Å². The topological polar surface area (TPSA) is 64.3 Å². The Kier molecular flexibility index (Phi) is 5.76. The Bertz CT molecular complexity index is 447. The summed E-state index contributed by atoms with van der Waals surface area (Å²) in [5, 5.41) is 2.99. The molecule has 1 heterocycles. The monoisotopic (exact) mass is 290 g/mol. The van der Waals surface area contributed by atoms with Gasteiger partial charge in [0.05, 0.1) is 12.0 Å². The lowest BCUT2D eigenvalue weighted by molar-refractivity contribution is -0.134. The highest BCUT2D eigenvalue weighted by Crippen LogP contribution is 2.33. The van der Waals surface area contributed by atoms with Gasteiger partial charge in [-0.15, -0.1) is 0 Å². The van der Waals surface area contributed by atoms with Gasteiger partial charge in [-0.25, -0.2) is 0 Å². The normalized spacial score (nSPS) is 23.8. The summed E-state index contributed by atoms with van der Waals surface area (Å²) in [7, 11) is 0. The molecule has 2 rings (SSSR count). The van der Waals surface area contributed by atoms with Crippen LogP contribution in [0.4, 0.5) is 0 Å². The van der Waals surface area contributed by atoms with Gasteiger partial charge in [0.25, 0.3) is 0 Å². The quantitative estimate of drug-likeness (QED) is 0.874. The fraction of sp³-hybridized carbons (Fsp3) is 0.588. The number of carbonyl (C=O) groups excluding carboxylic acids is 1. The van der Waals surface area contributed by atoms with E-state index in [2.05, 4.69) is 19.2 Å². The molecular formula is C17H26N2O2. The average Bonchev–Trinajstić information content (AvgIpc) is 2.53. The van der Waals surface area contributed by atoms with Crippen LogP contribution in [-0.4, -0.2) is 25.1 Å². The highest BCUT2D eigenvalue weighted by atomic mass is 16.5. The third-order valence-electron chi connectivity index (χ3n) is 4.16. The van der Waals surface area contributed by atoms with Crippen molar-refractivity contribution < 1.29 is 9.53 Å². The molecule has 0 aromatic heterocycles. The second-order valence-corrected chi connectivity index (χ2v) is 6.10. The Hall–Kier alpha value is -1.39. The van der Waals surface area contributed by atoms with Crippen molar-refractivity contribution in [2.75, 3.05) is 13.2 Å². The molecule has 21 heavy (non-hydrogen) atoms. The molecule has 1 saturated heterocycles. The van der Waals surface area contributed by atoms with Gasteiger partial charge in [-0.3, -0.25) is 4.79 Å². The molecule has 4 heteroatoms. The molecule has 1 amide bonds. The number of hydrogen-bond acceptors (Lipinski definition) is 3. The standard InChI is InChI=1S/C17H26N2O2/c1-12(2)15(18)11-19-17(20)14-9-6-10-21-16(14)13-7-4-3-5-8-13/h3-5,7-8,12,14-16H,6,9-11,18H2,1-2H3,(H,19,20). The number of ether oxygens (including phenoxy) is 1. The van der Waals surface area contributed by atoms with Crippen LogP contribution in [0.2, 0.25) is 0 Å². The van der Waals surface area contributed by atoms with Crippen molar-refractivity contribution in [2.24, 2.45) is 17.6 Å². The lowest BCUT2D eigenvalue weighted by Crippen LogP contribution is -2.44. The van der Waals surface area contributed by atoms with Crippen LogP contribution in [0.15, 0.2) is 30.3 Å². The average molecular weight is 290 g/mol. The van der Waals surface area contributed by atoms with Crippen LogP contribution in [0.25, 0.3) is 0 Å². The van der Waals surface area contributed by atoms with E-state index >= 15 is 0 Å². The Morgan fingerprint density at radius 1 is 1.38 bits per heavy atom. The van der Waals surface area contributed by atoms with Gasteiger partial charge < -0.3 is 15.8 Å². The van der Waals surface area contributed by atoms with E-state index in [9.17, 15) is 4.79 Å². The maximum Gasteiger partial charge on any atom is 0.226 e. The first-order valence-electron chi connectivity index (χ1n) is 7.79. The minimum atomic E-state index is -0.143. The van der Waals surface area contributed by atoms with Crippen LogP contribution in [0, 0.1) is 11.8 Å². The Labute approximate surface area is 127 Å². The maximum absolute atomic E-state index is 12.5. The van der Waals surface area contributed by atoms with Crippen LogP contribution in [-0.2, 0) is 9.53 Å². The lowest BCUT2D eigenvalue weighted by Gasteiger charge is -2.31. The summed E-state index contributed by atoms with van der Waals surface area (Å²) in [5.41, 5.74) is 7.07. The Morgan fingerprint density at radius 3 is 2.76 bits per heavy atom. The predicted octanol–water partition coefficient (Wildman–Crippen LogP) is 2.25. The third-order valence-corrected chi connectivity index (χ3v) is 4.16. The van der Waals surface area contributed by atoms with E-state index in [4.69, 9.17) is 10.5 Å². The van der Waals surface area contributed by atoms with Crippen molar-refractivity contribution >= 4 is 5.91 Å². The molecule has 0 aliphatic carbocycles. The summed E-state index contributed by atoms with van der Waals surface area (Å²) >= 11 is 0. The second-order valence-electron chi connectivity index (χ2n) is 6.10. The van der Waals surface area contributed by atoms with E-state index in [-0.39, 0.29) is 24.0 Å². The van der Waals surface area contributed by atoms with Crippen molar-refractivity contribution in [3.63, 3.8) is 0 Å². The van der Waals surface area contributed by atoms with Crippen LogP contribution in [0.5, 0.6) is 0 Å². The molecule has 1 aromatic carbocycles. The zero-order chi connectivity index (χ0) is 15.2. The number of benzene rings is 1. The number of hydrogen-bond donors (Lipinski definition) is 2. The molecule has 0 radical (unpaired) electrons. The zero-order valence-corrected chi connectivity index (χ0v) is 12.9. The van der Waals surface area contributed by atoms with Gasteiger partial charge >= 0.3 is 0 Å². The van der Waals surface area contributed by atoms with E-state index in [1.165, 1.54) is 0 Å². The van der Waals surface area contributed by atoms with Crippen molar-refractivity contribution in [1.29, 1.82) is 0 Å². The molecule has 1 aliphatic heterocycles. The summed E-state index contributed by atoms with van der Waals surface area (Å²) in [6.45, 7) is 5.37. The first-order valence-corrected chi connectivity index (χ1v) is 7.79. The summed E-state index contributed by atoms with van der Waals surface area (Å²) < 4.78 is 5.86. The summed E-state index contributed by atoms with van der Waals surface area (Å²) in [6, 6.07) is 9.98. The van der Waals surface area contributed by atoms with Gasteiger partial charge in [0.15, 0.2) is 0 Å². The third kappa shape index (κ3) is 4.29. The molecule has 0 saturated carbocycles. The van der Waals surface area contributed by atoms with Crippen molar-refractivity contribution in [2.45, 2.75) is 38.8 Å². The minimum Gasteiger partial charge on any atom is -0.373 e. The smallest absolute Gasteiger partial charge is 0.226 e. The van der Waals surface area contributed by atoms with Crippen molar-refractivity contribution in [3.05, 3.63) is 35.9 Å². The first kappa shape index (κ1) is 16.0. The van der Waals surface area contributed by atoms with Gasteiger partial charge in [0.1, 0.15) is 0 Å². The molecular weight excluding hydrogens is 264 g/mol. The maximum atomic E-state index is 12.5. The van der Waals surface area contributed by atoms with Gasteiger partial charge in [-0.1, -0.05) is 44.2 Å². The van der Waals surface area contributed by atoms with E-state index in [0.29, 0.717) is 12.5 Å². The molecule has 3 N–H and O–H groups in total. The van der Waals surface area contributed by atoms with Gasteiger partial charge in [0.2, 0.25) is 5.91 Å². The van der Waals surface area contributed by atoms with Gasteiger partial charge in [-0.05, 0) is 24.3 Å². The van der Waals surface area contributed by atoms with Crippen molar-refractivity contribution in [3.8, 4) is 0 Å². The summed E-state index contributed by atoms with van der Waals surface area (Å²) in [6.07, 6.45) is 1.65. The highest BCUT2D eigenvalue weighted by molar-refractivity contribution is 5.79.